The van der Waals surface area contributed by atoms with Gasteiger partial charge in [-0.2, -0.15) is 0 Å². The highest BCUT2D eigenvalue weighted by Gasteiger charge is 2.22. The zero-order valence-corrected chi connectivity index (χ0v) is 20.9. The van der Waals surface area contributed by atoms with Gasteiger partial charge in [-0.3, -0.25) is 0 Å². The van der Waals surface area contributed by atoms with Crippen LogP contribution in [0.4, 0.5) is 0 Å². The Kier molecular flexibility index (Phi) is 19.9. The van der Waals surface area contributed by atoms with Gasteiger partial charge in [0.2, 0.25) is 0 Å². The van der Waals surface area contributed by atoms with Gasteiger partial charge in [-0.05, 0) is 19.8 Å². The van der Waals surface area contributed by atoms with Gasteiger partial charge in [0.15, 0.2) is 0 Å². The van der Waals surface area contributed by atoms with Crippen LogP contribution in [0, 0.1) is 0 Å². The van der Waals surface area contributed by atoms with Crippen molar-refractivity contribution in [1.82, 2.24) is 0 Å². The second-order valence-corrected chi connectivity index (χ2v) is 9.78. The second kappa shape index (κ2) is 20.3. The molecular formula is C26H53NO3. The third-order valence-electron chi connectivity index (χ3n) is 6.12. The lowest BCUT2D eigenvalue weighted by Crippen LogP contribution is -2.47. The molecule has 180 valence electrons. The Morgan fingerprint density at radius 1 is 0.767 bits per heavy atom. The van der Waals surface area contributed by atoms with E-state index in [2.05, 4.69) is 27.9 Å². The fourth-order valence-corrected chi connectivity index (χ4v) is 4.32. The van der Waals surface area contributed by atoms with E-state index in [0.29, 0.717) is 6.42 Å². The van der Waals surface area contributed by atoms with Gasteiger partial charge in [0.05, 0.1) is 20.6 Å². The highest BCUT2D eigenvalue weighted by Crippen LogP contribution is 2.16. The summed E-state index contributed by atoms with van der Waals surface area (Å²) >= 11 is 0. The van der Waals surface area contributed by atoms with E-state index in [1.807, 2.05) is 0 Å². The van der Waals surface area contributed by atoms with Crippen molar-refractivity contribution in [2.75, 3.05) is 33.8 Å². The lowest BCUT2D eigenvalue weighted by atomic mass is 10.0. The number of carboxylic acid groups (broad SMARTS) is 1. The molecule has 0 bridgehead atoms. The van der Waals surface area contributed by atoms with Crippen LogP contribution in [0.25, 0.3) is 0 Å². The molecule has 0 aromatic rings. The summed E-state index contributed by atoms with van der Waals surface area (Å²) in [6.07, 6.45) is 21.6. The number of ether oxygens (including phenoxy) is 1. The lowest BCUT2D eigenvalue weighted by Gasteiger charge is -2.33. The lowest BCUT2D eigenvalue weighted by molar-refractivity contribution is -0.893. The second-order valence-electron chi connectivity index (χ2n) is 9.78. The van der Waals surface area contributed by atoms with E-state index in [1.165, 1.54) is 89.9 Å². The van der Waals surface area contributed by atoms with Gasteiger partial charge in [0.1, 0.15) is 12.6 Å². The quantitative estimate of drug-likeness (QED) is 0.151. The number of carbonyl (C=O) groups is 1. The van der Waals surface area contributed by atoms with E-state index in [0.717, 1.165) is 30.6 Å². The fourth-order valence-electron chi connectivity index (χ4n) is 4.32. The Morgan fingerprint density at radius 2 is 1.23 bits per heavy atom. The monoisotopic (exact) mass is 427 g/mol. The van der Waals surface area contributed by atoms with Gasteiger partial charge < -0.3 is 19.1 Å². The van der Waals surface area contributed by atoms with E-state index in [4.69, 9.17) is 4.74 Å². The number of aliphatic carboxylic acids is 1. The summed E-state index contributed by atoms with van der Waals surface area (Å²) in [4.78, 5) is 10.6. The molecule has 0 amide bonds. The molecule has 0 aliphatic carbocycles. The zero-order valence-electron chi connectivity index (χ0n) is 20.9. The number of unbranched alkanes of at least 4 members (excludes halogenated alkanes) is 13. The Bertz CT molecular complexity index is 384. The van der Waals surface area contributed by atoms with E-state index in [-0.39, 0.29) is 12.5 Å². The Hall–Kier alpha value is -0.610. The molecule has 0 spiro atoms. The average Bonchev–Trinajstić information content (AvgIpc) is 2.67. The van der Waals surface area contributed by atoms with Gasteiger partial charge in [-0.25, -0.2) is 0 Å². The minimum atomic E-state index is -0.946. The van der Waals surface area contributed by atoms with Crippen LogP contribution in [0.2, 0.25) is 0 Å². The predicted octanol–water partition coefficient (Wildman–Crippen LogP) is 5.87. The maximum atomic E-state index is 10.6. The molecule has 4 nitrogen and oxygen atoms in total. The highest BCUT2D eigenvalue weighted by atomic mass is 16.5. The van der Waals surface area contributed by atoms with Gasteiger partial charge in [-0.1, -0.05) is 96.8 Å². The molecule has 1 atom stereocenters. The van der Waals surface area contributed by atoms with Crippen LogP contribution in [0.5, 0.6) is 0 Å². The number of hydrogen-bond acceptors (Lipinski definition) is 3. The molecule has 1 unspecified atom stereocenters. The molecule has 0 saturated heterocycles. The molecule has 0 aliphatic rings. The molecule has 0 fully saturated rings. The van der Waals surface area contributed by atoms with Gasteiger partial charge in [-0.15, -0.1) is 0 Å². The van der Waals surface area contributed by atoms with Crippen molar-refractivity contribution in [3.63, 3.8) is 0 Å². The van der Waals surface area contributed by atoms with E-state index in [1.54, 1.807) is 0 Å². The largest absolute Gasteiger partial charge is 0.550 e. The van der Waals surface area contributed by atoms with Crippen molar-refractivity contribution in [3.8, 4) is 0 Å². The first-order chi connectivity index (χ1) is 14.4. The first-order valence-corrected chi connectivity index (χ1v) is 13.0. The number of nitrogens with zero attached hydrogens (tertiary/aromatic N) is 1. The summed E-state index contributed by atoms with van der Waals surface area (Å²) < 4.78 is 6.79. The molecule has 0 aromatic heterocycles. The number of quaternary nitrogens is 1. The Balaban J connectivity index is 3.66. The molecule has 0 N–H and O–H groups in total. The van der Waals surface area contributed by atoms with Crippen LogP contribution < -0.4 is 5.11 Å². The first kappa shape index (κ1) is 29.4. The number of hydrogen-bond donors (Lipinski definition) is 0. The van der Waals surface area contributed by atoms with Crippen molar-refractivity contribution in [2.24, 2.45) is 0 Å². The van der Waals surface area contributed by atoms with E-state index < -0.39 is 5.97 Å². The molecule has 30 heavy (non-hydrogen) atoms. The zero-order chi connectivity index (χ0) is 22.5. The van der Waals surface area contributed by atoms with Crippen LogP contribution in [-0.2, 0) is 9.53 Å². The molecule has 0 saturated carbocycles. The molecule has 0 rings (SSSR count). The number of carbonyl (C=O) groups excluding carboxylic acids is 1. The smallest absolute Gasteiger partial charge is 0.106 e. The number of likely N-dealkylation sites (N-methyl/N-ethyl adjacent to an activating group) is 1. The van der Waals surface area contributed by atoms with E-state index in [9.17, 15) is 9.90 Å². The van der Waals surface area contributed by atoms with Crippen LogP contribution >= 0.6 is 0 Å². The summed E-state index contributed by atoms with van der Waals surface area (Å²) in [6, 6.07) is 0. The Morgan fingerprint density at radius 3 is 1.67 bits per heavy atom. The van der Waals surface area contributed by atoms with Crippen molar-refractivity contribution < 1.29 is 19.1 Å². The third-order valence-corrected chi connectivity index (χ3v) is 6.12. The Labute approximate surface area is 188 Å². The number of carboxylic acids is 1. The van der Waals surface area contributed by atoms with Gasteiger partial charge >= 0.3 is 0 Å². The minimum Gasteiger partial charge on any atom is -0.550 e. The summed E-state index contributed by atoms with van der Waals surface area (Å²) in [6.45, 7) is 6.91. The molecule has 4 heteroatoms. The average molecular weight is 428 g/mol. The van der Waals surface area contributed by atoms with Crippen molar-refractivity contribution in [2.45, 2.75) is 129 Å². The van der Waals surface area contributed by atoms with Gasteiger partial charge in [0, 0.05) is 19.0 Å². The van der Waals surface area contributed by atoms with Gasteiger partial charge in [0.25, 0.3) is 0 Å². The van der Waals surface area contributed by atoms with Crippen molar-refractivity contribution in [1.29, 1.82) is 0 Å². The minimum absolute atomic E-state index is 0.153. The first-order valence-electron chi connectivity index (χ1n) is 13.0. The standard InChI is InChI=1S/C26H53NO3/c1-5-7-8-9-10-11-12-13-14-15-16-17-18-19-21-25(30-6-2)24-27(3,4)23-20-22-26(28)29/h25H,5-24H2,1-4H3. The molecular weight excluding hydrogens is 374 g/mol. The summed E-state index contributed by atoms with van der Waals surface area (Å²) in [7, 11) is 4.35. The van der Waals surface area contributed by atoms with Crippen LogP contribution in [-0.4, -0.2) is 50.3 Å². The van der Waals surface area contributed by atoms with Crippen molar-refractivity contribution >= 4 is 5.97 Å². The van der Waals surface area contributed by atoms with E-state index >= 15 is 0 Å². The predicted molar refractivity (Wildman–Crippen MR) is 126 cm³/mol. The SMILES string of the molecule is CCCCCCCCCCCCCCCCC(C[N+](C)(C)CCCC(=O)[O-])OCC. The molecule has 0 radical (unpaired) electrons. The maximum absolute atomic E-state index is 10.6. The topological polar surface area (TPSA) is 49.4 Å². The van der Waals surface area contributed by atoms with Crippen LogP contribution in [0.3, 0.4) is 0 Å². The molecule has 0 heterocycles. The third kappa shape index (κ3) is 20.7. The fraction of sp³-hybridized carbons (Fsp3) is 0.962. The molecule has 0 aliphatic heterocycles. The highest BCUT2D eigenvalue weighted by molar-refractivity contribution is 5.64. The molecule has 0 aromatic carbocycles. The van der Waals surface area contributed by atoms with Crippen LogP contribution in [0.1, 0.15) is 123 Å². The summed E-state index contributed by atoms with van der Waals surface area (Å²) in [5, 5.41) is 10.6. The maximum Gasteiger partial charge on any atom is 0.106 e. The number of rotatable bonds is 23. The summed E-state index contributed by atoms with van der Waals surface area (Å²) in [5.41, 5.74) is 0. The van der Waals surface area contributed by atoms with Crippen molar-refractivity contribution in [3.05, 3.63) is 0 Å². The van der Waals surface area contributed by atoms with Crippen LogP contribution in [0.15, 0.2) is 0 Å². The normalized spacial score (nSPS) is 12.9. The summed E-state index contributed by atoms with van der Waals surface area (Å²) in [5.74, 6) is -0.946.